The number of hydrogen-bond donors (Lipinski definition) is 0. The van der Waals surface area contributed by atoms with Crippen LogP contribution in [0.5, 0.6) is 0 Å². The van der Waals surface area contributed by atoms with Gasteiger partial charge in [-0.25, -0.2) is 0 Å². The third kappa shape index (κ3) is 4.70. The molecular formula is C23H29NO4S. The SMILES string of the molecule is CCC(C)(C)C(=O)N1CC(OS(=O)(=O)c2ccc(C)cc2)CC1c1ccccc1. The molecule has 2 aromatic rings. The highest BCUT2D eigenvalue weighted by atomic mass is 32.2. The normalized spacial score (nSPS) is 20.1. The van der Waals surface area contributed by atoms with E-state index in [4.69, 9.17) is 4.18 Å². The molecule has 1 saturated heterocycles. The summed E-state index contributed by atoms with van der Waals surface area (Å²) < 4.78 is 31.1. The summed E-state index contributed by atoms with van der Waals surface area (Å²) in [6.45, 7) is 8.00. The number of amides is 1. The van der Waals surface area contributed by atoms with E-state index in [1.54, 1.807) is 29.2 Å². The van der Waals surface area contributed by atoms with Crippen LogP contribution in [0.25, 0.3) is 0 Å². The Morgan fingerprint density at radius 3 is 2.31 bits per heavy atom. The van der Waals surface area contributed by atoms with Gasteiger partial charge in [-0.2, -0.15) is 8.42 Å². The van der Waals surface area contributed by atoms with Gasteiger partial charge in [-0.05, 0) is 31.0 Å². The third-order valence-corrected chi connectivity index (χ3v) is 7.12. The van der Waals surface area contributed by atoms with E-state index in [-0.39, 0.29) is 23.4 Å². The summed E-state index contributed by atoms with van der Waals surface area (Å²) in [7, 11) is -3.89. The Bertz CT molecular complexity index is 952. The van der Waals surface area contributed by atoms with Crippen LogP contribution in [0.15, 0.2) is 59.5 Å². The molecule has 0 bridgehead atoms. The van der Waals surface area contributed by atoms with Crippen molar-refractivity contribution in [3.8, 4) is 0 Å². The lowest BCUT2D eigenvalue weighted by Crippen LogP contribution is -2.41. The summed E-state index contributed by atoms with van der Waals surface area (Å²) in [4.78, 5) is 15.1. The number of nitrogens with zero attached hydrogens (tertiary/aromatic N) is 1. The molecule has 0 aliphatic carbocycles. The van der Waals surface area contributed by atoms with Gasteiger partial charge < -0.3 is 4.90 Å². The molecule has 5 nitrogen and oxygen atoms in total. The largest absolute Gasteiger partial charge is 0.332 e. The van der Waals surface area contributed by atoms with E-state index < -0.39 is 21.6 Å². The molecule has 0 spiro atoms. The molecule has 2 atom stereocenters. The monoisotopic (exact) mass is 415 g/mol. The Labute approximate surface area is 173 Å². The Hall–Kier alpha value is -2.18. The van der Waals surface area contributed by atoms with Gasteiger partial charge in [0.15, 0.2) is 0 Å². The zero-order valence-electron chi connectivity index (χ0n) is 17.5. The predicted octanol–water partition coefficient (Wildman–Crippen LogP) is 4.48. The van der Waals surface area contributed by atoms with Gasteiger partial charge in [0.2, 0.25) is 5.91 Å². The van der Waals surface area contributed by atoms with Crippen LogP contribution in [-0.2, 0) is 19.1 Å². The van der Waals surface area contributed by atoms with Crippen LogP contribution in [0.4, 0.5) is 0 Å². The molecule has 0 aromatic heterocycles. The molecule has 0 saturated carbocycles. The van der Waals surface area contributed by atoms with Gasteiger partial charge >= 0.3 is 0 Å². The number of hydrogen-bond acceptors (Lipinski definition) is 4. The van der Waals surface area contributed by atoms with E-state index in [1.165, 1.54) is 0 Å². The molecule has 0 radical (unpaired) electrons. The average molecular weight is 416 g/mol. The molecule has 2 unspecified atom stereocenters. The van der Waals surface area contributed by atoms with Crippen molar-refractivity contribution in [2.45, 2.75) is 57.6 Å². The number of rotatable bonds is 6. The topological polar surface area (TPSA) is 63.7 Å². The molecule has 1 fully saturated rings. The first-order valence-corrected chi connectivity index (χ1v) is 11.4. The van der Waals surface area contributed by atoms with Crippen molar-refractivity contribution < 1.29 is 17.4 Å². The van der Waals surface area contributed by atoms with Gasteiger partial charge in [0.1, 0.15) is 0 Å². The molecule has 2 aromatic carbocycles. The summed E-state index contributed by atoms with van der Waals surface area (Å²) in [5.74, 6) is 0.0210. The number of carbonyl (C=O) groups is 1. The molecule has 1 amide bonds. The maximum atomic E-state index is 13.2. The molecule has 6 heteroatoms. The second kappa shape index (κ2) is 8.28. The Kier molecular flexibility index (Phi) is 6.15. The number of carbonyl (C=O) groups excluding carboxylic acids is 1. The summed E-state index contributed by atoms with van der Waals surface area (Å²) in [5.41, 5.74) is 1.46. The van der Waals surface area contributed by atoms with Crippen LogP contribution in [0.1, 0.15) is 50.8 Å². The highest BCUT2D eigenvalue weighted by Gasteiger charge is 2.43. The molecular weight excluding hydrogens is 386 g/mol. The minimum Gasteiger partial charge on any atom is -0.332 e. The van der Waals surface area contributed by atoms with Gasteiger partial charge in [-0.1, -0.05) is 68.8 Å². The second-order valence-electron chi connectivity index (χ2n) is 8.34. The quantitative estimate of drug-likeness (QED) is 0.653. The average Bonchev–Trinajstić information content (AvgIpc) is 3.11. The van der Waals surface area contributed by atoms with Crippen LogP contribution in [0.2, 0.25) is 0 Å². The first kappa shape index (κ1) is 21.5. The Balaban J connectivity index is 1.86. The number of likely N-dealkylation sites (tertiary alicyclic amines) is 1. The van der Waals surface area contributed by atoms with Crippen molar-refractivity contribution in [2.75, 3.05) is 6.54 Å². The van der Waals surface area contributed by atoms with Crippen LogP contribution in [0.3, 0.4) is 0 Å². The molecule has 1 aliphatic heterocycles. The molecule has 156 valence electrons. The fourth-order valence-corrected chi connectivity index (χ4v) is 4.64. The summed E-state index contributed by atoms with van der Waals surface area (Å²) in [6, 6.07) is 16.1. The molecule has 1 heterocycles. The van der Waals surface area contributed by atoms with Crippen LogP contribution < -0.4 is 0 Å². The van der Waals surface area contributed by atoms with E-state index in [9.17, 15) is 13.2 Å². The van der Waals surface area contributed by atoms with Crippen molar-refractivity contribution >= 4 is 16.0 Å². The van der Waals surface area contributed by atoms with Crippen LogP contribution in [0, 0.1) is 12.3 Å². The first-order valence-electron chi connectivity index (χ1n) is 10.00. The van der Waals surface area contributed by atoms with E-state index in [0.29, 0.717) is 12.8 Å². The standard InChI is InChI=1S/C23H29NO4S/c1-5-23(3,4)22(25)24-16-19(15-21(24)18-9-7-6-8-10-18)28-29(26,27)20-13-11-17(2)12-14-20/h6-14,19,21H,5,15-16H2,1-4H3. The maximum Gasteiger partial charge on any atom is 0.297 e. The van der Waals surface area contributed by atoms with Gasteiger partial charge in [-0.3, -0.25) is 8.98 Å². The van der Waals surface area contributed by atoms with Crippen LogP contribution in [-0.4, -0.2) is 31.9 Å². The van der Waals surface area contributed by atoms with Crippen molar-refractivity contribution in [1.29, 1.82) is 0 Å². The molecule has 1 aliphatic rings. The Morgan fingerprint density at radius 2 is 1.72 bits per heavy atom. The molecule has 0 N–H and O–H groups in total. The zero-order chi connectivity index (χ0) is 21.2. The minimum absolute atomic E-state index is 0.0210. The lowest BCUT2D eigenvalue weighted by Gasteiger charge is -2.32. The van der Waals surface area contributed by atoms with Gasteiger partial charge in [0.25, 0.3) is 10.1 Å². The fourth-order valence-electron chi connectivity index (χ4n) is 3.56. The molecule has 3 rings (SSSR count). The van der Waals surface area contributed by atoms with E-state index in [1.807, 2.05) is 58.0 Å². The molecule has 29 heavy (non-hydrogen) atoms. The summed E-state index contributed by atoms with van der Waals surface area (Å²) in [6.07, 6.45) is 0.570. The predicted molar refractivity (Wildman–Crippen MR) is 113 cm³/mol. The second-order valence-corrected chi connectivity index (χ2v) is 9.91. The van der Waals surface area contributed by atoms with Crippen molar-refractivity contribution in [1.82, 2.24) is 4.90 Å². The zero-order valence-corrected chi connectivity index (χ0v) is 18.3. The number of benzene rings is 2. The van der Waals surface area contributed by atoms with E-state index in [2.05, 4.69) is 0 Å². The summed E-state index contributed by atoms with van der Waals surface area (Å²) in [5, 5.41) is 0. The van der Waals surface area contributed by atoms with Gasteiger partial charge in [0, 0.05) is 18.4 Å². The minimum atomic E-state index is -3.89. The smallest absolute Gasteiger partial charge is 0.297 e. The van der Waals surface area contributed by atoms with Gasteiger partial charge in [-0.15, -0.1) is 0 Å². The highest BCUT2D eigenvalue weighted by Crippen LogP contribution is 2.38. The fraction of sp³-hybridized carbons (Fsp3) is 0.435. The Morgan fingerprint density at radius 1 is 1.10 bits per heavy atom. The highest BCUT2D eigenvalue weighted by molar-refractivity contribution is 7.86. The lowest BCUT2D eigenvalue weighted by atomic mass is 9.88. The lowest BCUT2D eigenvalue weighted by molar-refractivity contribution is -0.141. The third-order valence-electron chi connectivity index (χ3n) is 5.74. The van der Waals surface area contributed by atoms with Crippen LogP contribution >= 0.6 is 0 Å². The maximum absolute atomic E-state index is 13.2. The van der Waals surface area contributed by atoms with Crippen molar-refractivity contribution in [3.05, 3.63) is 65.7 Å². The first-order chi connectivity index (χ1) is 13.6. The van der Waals surface area contributed by atoms with E-state index >= 15 is 0 Å². The number of aryl methyl sites for hydroxylation is 1. The van der Waals surface area contributed by atoms with Crippen molar-refractivity contribution in [2.24, 2.45) is 5.41 Å². The van der Waals surface area contributed by atoms with E-state index in [0.717, 1.165) is 11.1 Å². The summed E-state index contributed by atoms with van der Waals surface area (Å²) >= 11 is 0. The van der Waals surface area contributed by atoms with Crippen molar-refractivity contribution in [3.63, 3.8) is 0 Å². The van der Waals surface area contributed by atoms with Gasteiger partial charge in [0.05, 0.1) is 17.0 Å².